The van der Waals surface area contributed by atoms with Gasteiger partial charge < -0.3 is 9.73 Å². The van der Waals surface area contributed by atoms with Gasteiger partial charge in [-0.15, -0.1) is 10.2 Å². The van der Waals surface area contributed by atoms with Crippen LogP contribution in [0, 0.1) is 0 Å². The minimum atomic E-state index is -0.00536. The first kappa shape index (κ1) is 12.4. The van der Waals surface area contributed by atoms with Gasteiger partial charge in [-0.25, -0.2) is 0 Å². The van der Waals surface area contributed by atoms with Crippen LogP contribution in [0.1, 0.15) is 18.9 Å². The van der Waals surface area contributed by atoms with Crippen molar-refractivity contribution in [1.82, 2.24) is 15.5 Å². The van der Waals surface area contributed by atoms with E-state index in [9.17, 15) is 0 Å². The van der Waals surface area contributed by atoms with Gasteiger partial charge in [-0.3, -0.25) is 0 Å². The summed E-state index contributed by atoms with van der Waals surface area (Å²) in [6.07, 6.45) is 0. The van der Waals surface area contributed by atoms with E-state index in [0.29, 0.717) is 27.4 Å². The van der Waals surface area contributed by atoms with Gasteiger partial charge in [0.15, 0.2) is 0 Å². The molecule has 1 unspecified atom stereocenters. The van der Waals surface area contributed by atoms with Crippen LogP contribution >= 0.6 is 23.2 Å². The Kier molecular flexibility index (Phi) is 3.66. The lowest BCUT2D eigenvalue weighted by atomic mass is 10.2. The summed E-state index contributed by atoms with van der Waals surface area (Å²) in [5, 5.41) is 12.0. The van der Waals surface area contributed by atoms with Crippen molar-refractivity contribution in [3.05, 3.63) is 34.1 Å². The highest BCUT2D eigenvalue weighted by Crippen LogP contribution is 2.30. The van der Waals surface area contributed by atoms with E-state index in [1.54, 1.807) is 18.2 Å². The Morgan fingerprint density at radius 1 is 1.29 bits per heavy atom. The first-order valence-corrected chi connectivity index (χ1v) is 5.83. The monoisotopic (exact) mass is 271 g/mol. The normalized spacial score (nSPS) is 12.7. The molecular formula is C11H11Cl2N3O. The molecule has 0 saturated carbocycles. The lowest BCUT2D eigenvalue weighted by Gasteiger charge is -2.03. The maximum absolute atomic E-state index is 6.05. The van der Waals surface area contributed by atoms with Crippen molar-refractivity contribution in [2.75, 3.05) is 7.05 Å². The zero-order valence-electron chi connectivity index (χ0n) is 9.37. The Morgan fingerprint density at radius 3 is 2.76 bits per heavy atom. The van der Waals surface area contributed by atoms with Gasteiger partial charge in [-0.2, -0.15) is 0 Å². The SMILES string of the molecule is CNC(C)c1nnc(-c2cc(Cl)ccc2Cl)o1. The van der Waals surface area contributed by atoms with Crippen LogP contribution < -0.4 is 5.32 Å². The molecule has 1 N–H and O–H groups in total. The van der Waals surface area contributed by atoms with Crippen molar-refractivity contribution in [2.45, 2.75) is 13.0 Å². The Bertz CT molecular complexity index is 527. The van der Waals surface area contributed by atoms with E-state index in [4.69, 9.17) is 27.6 Å². The molecule has 2 rings (SSSR count). The third-order valence-electron chi connectivity index (χ3n) is 2.40. The Hall–Kier alpha value is -1.10. The fraction of sp³-hybridized carbons (Fsp3) is 0.273. The molecule has 0 fully saturated rings. The van der Waals surface area contributed by atoms with E-state index >= 15 is 0 Å². The van der Waals surface area contributed by atoms with Crippen LogP contribution in [0.3, 0.4) is 0 Å². The predicted molar refractivity (Wildman–Crippen MR) is 67.2 cm³/mol. The maximum Gasteiger partial charge on any atom is 0.249 e. The van der Waals surface area contributed by atoms with Gasteiger partial charge in [0, 0.05) is 5.02 Å². The zero-order valence-corrected chi connectivity index (χ0v) is 10.9. The van der Waals surface area contributed by atoms with E-state index in [1.165, 1.54) is 0 Å². The van der Waals surface area contributed by atoms with E-state index in [0.717, 1.165) is 0 Å². The third-order valence-corrected chi connectivity index (χ3v) is 2.97. The molecule has 17 heavy (non-hydrogen) atoms. The highest BCUT2D eigenvalue weighted by Gasteiger charge is 2.15. The smallest absolute Gasteiger partial charge is 0.249 e. The van der Waals surface area contributed by atoms with E-state index < -0.39 is 0 Å². The Labute approximate surface area is 109 Å². The molecule has 0 bridgehead atoms. The number of hydrogen-bond donors (Lipinski definition) is 1. The van der Waals surface area contributed by atoms with E-state index in [-0.39, 0.29) is 6.04 Å². The molecule has 0 saturated heterocycles. The number of nitrogens with one attached hydrogen (secondary N) is 1. The van der Waals surface area contributed by atoms with Gasteiger partial charge in [-0.05, 0) is 32.2 Å². The fourth-order valence-corrected chi connectivity index (χ4v) is 1.67. The van der Waals surface area contributed by atoms with Crippen molar-refractivity contribution >= 4 is 23.2 Å². The average Bonchev–Trinajstić information content (AvgIpc) is 2.80. The second kappa shape index (κ2) is 5.04. The molecule has 0 aliphatic rings. The quantitative estimate of drug-likeness (QED) is 0.931. The minimum Gasteiger partial charge on any atom is -0.419 e. The van der Waals surface area contributed by atoms with Crippen LogP contribution in [0.4, 0.5) is 0 Å². The number of hydrogen-bond acceptors (Lipinski definition) is 4. The van der Waals surface area contributed by atoms with Crippen molar-refractivity contribution in [1.29, 1.82) is 0 Å². The first-order chi connectivity index (χ1) is 8.11. The maximum atomic E-state index is 6.05. The van der Waals surface area contributed by atoms with E-state index in [2.05, 4.69) is 15.5 Å². The first-order valence-electron chi connectivity index (χ1n) is 5.08. The molecule has 1 aromatic carbocycles. The van der Waals surface area contributed by atoms with Crippen molar-refractivity contribution in [2.24, 2.45) is 0 Å². The largest absolute Gasteiger partial charge is 0.419 e. The van der Waals surface area contributed by atoms with Crippen LogP contribution in [0.15, 0.2) is 22.6 Å². The van der Waals surface area contributed by atoms with Crippen LogP contribution in [0.25, 0.3) is 11.5 Å². The molecule has 0 aliphatic carbocycles. The summed E-state index contributed by atoms with van der Waals surface area (Å²) in [5.74, 6) is 0.883. The van der Waals surface area contributed by atoms with Crippen LogP contribution in [-0.2, 0) is 0 Å². The lowest BCUT2D eigenvalue weighted by molar-refractivity contribution is 0.441. The summed E-state index contributed by atoms with van der Waals surface area (Å²) in [6, 6.07) is 5.10. The fourth-order valence-electron chi connectivity index (χ4n) is 1.30. The van der Waals surface area contributed by atoms with Gasteiger partial charge in [0.25, 0.3) is 0 Å². The summed E-state index contributed by atoms with van der Waals surface area (Å²) in [6.45, 7) is 1.93. The van der Waals surface area contributed by atoms with Crippen molar-refractivity contribution in [3.8, 4) is 11.5 Å². The molecule has 4 nitrogen and oxygen atoms in total. The third kappa shape index (κ3) is 2.60. The van der Waals surface area contributed by atoms with Crippen molar-refractivity contribution < 1.29 is 4.42 Å². The number of benzene rings is 1. The van der Waals surface area contributed by atoms with Gasteiger partial charge in [-0.1, -0.05) is 23.2 Å². The topological polar surface area (TPSA) is 51.0 Å². The van der Waals surface area contributed by atoms with Crippen LogP contribution in [-0.4, -0.2) is 17.2 Å². The summed E-state index contributed by atoms with van der Waals surface area (Å²) in [7, 11) is 1.82. The Balaban J connectivity index is 2.40. The van der Waals surface area contributed by atoms with Crippen LogP contribution in [0.2, 0.25) is 10.0 Å². The summed E-state index contributed by atoms with van der Waals surface area (Å²) < 4.78 is 5.53. The molecular weight excluding hydrogens is 261 g/mol. The van der Waals surface area contributed by atoms with Gasteiger partial charge in [0.2, 0.25) is 11.8 Å². The average molecular weight is 272 g/mol. The number of rotatable bonds is 3. The molecule has 0 aliphatic heterocycles. The number of aromatic nitrogens is 2. The van der Waals surface area contributed by atoms with Crippen LogP contribution in [0.5, 0.6) is 0 Å². The zero-order chi connectivity index (χ0) is 12.4. The molecule has 90 valence electrons. The molecule has 1 heterocycles. The molecule has 0 radical (unpaired) electrons. The van der Waals surface area contributed by atoms with E-state index in [1.807, 2.05) is 14.0 Å². The lowest BCUT2D eigenvalue weighted by Crippen LogP contribution is -2.12. The summed E-state index contributed by atoms with van der Waals surface area (Å²) in [4.78, 5) is 0. The highest BCUT2D eigenvalue weighted by molar-refractivity contribution is 6.35. The molecule has 0 amide bonds. The number of halogens is 2. The summed E-state index contributed by atoms with van der Waals surface area (Å²) >= 11 is 12.0. The second-order valence-electron chi connectivity index (χ2n) is 3.58. The molecule has 1 aromatic heterocycles. The molecule has 6 heteroatoms. The second-order valence-corrected chi connectivity index (χ2v) is 4.42. The molecule has 1 atom stereocenters. The predicted octanol–water partition coefficient (Wildman–Crippen LogP) is 3.32. The van der Waals surface area contributed by atoms with Gasteiger partial charge in [0.05, 0.1) is 16.6 Å². The van der Waals surface area contributed by atoms with Crippen molar-refractivity contribution in [3.63, 3.8) is 0 Å². The number of nitrogens with zero attached hydrogens (tertiary/aromatic N) is 2. The van der Waals surface area contributed by atoms with Gasteiger partial charge in [0.1, 0.15) is 0 Å². The highest BCUT2D eigenvalue weighted by atomic mass is 35.5. The molecule has 0 spiro atoms. The Morgan fingerprint density at radius 2 is 2.06 bits per heavy atom. The standard InChI is InChI=1S/C11H11Cl2N3O/c1-6(14-2)10-15-16-11(17-10)8-5-7(12)3-4-9(8)13/h3-6,14H,1-2H3. The van der Waals surface area contributed by atoms with Gasteiger partial charge >= 0.3 is 0 Å². The summed E-state index contributed by atoms with van der Waals surface area (Å²) in [5.41, 5.74) is 0.640. The molecule has 2 aromatic rings. The minimum absolute atomic E-state index is 0.00536.